The first-order valence-electron chi connectivity index (χ1n) is 8.18. The van der Waals surface area contributed by atoms with Gasteiger partial charge in [-0.05, 0) is 42.5 Å². The van der Waals surface area contributed by atoms with Crippen molar-refractivity contribution in [3.05, 3.63) is 71.3 Å². The number of carboxylic acids is 1. The van der Waals surface area contributed by atoms with Crippen LogP contribution in [0.5, 0.6) is 0 Å². The summed E-state index contributed by atoms with van der Waals surface area (Å²) in [6.45, 7) is 0.903. The molecule has 0 aliphatic heterocycles. The maximum atomic E-state index is 11.0. The van der Waals surface area contributed by atoms with Crippen molar-refractivity contribution in [3.8, 4) is 0 Å². The summed E-state index contributed by atoms with van der Waals surface area (Å²) < 4.78 is 0. The highest BCUT2D eigenvalue weighted by atomic mass is 16.4. The third-order valence-electron chi connectivity index (χ3n) is 4.76. The molecule has 1 aliphatic rings. The summed E-state index contributed by atoms with van der Waals surface area (Å²) in [5.74, 6) is 0.0222. The number of aryl methyl sites for hydroxylation is 1. The van der Waals surface area contributed by atoms with E-state index in [1.165, 1.54) is 16.7 Å². The molecule has 1 N–H and O–H groups in total. The van der Waals surface area contributed by atoms with Crippen LogP contribution in [0.15, 0.2) is 54.6 Å². The zero-order chi connectivity index (χ0) is 16.2. The Kier molecular flexibility index (Phi) is 4.77. The molecule has 0 aromatic heterocycles. The van der Waals surface area contributed by atoms with Gasteiger partial charge in [0.25, 0.3) is 0 Å². The summed E-state index contributed by atoms with van der Waals surface area (Å²) in [6, 6.07) is 19.3. The molecule has 3 rings (SSSR count). The molecule has 2 unspecified atom stereocenters. The van der Waals surface area contributed by atoms with Crippen molar-refractivity contribution < 1.29 is 9.90 Å². The molecule has 0 saturated carbocycles. The molecule has 0 fully saturated rings. The molecule has 0 saturated heterocycles. The smallest absolute Gasteiger partial charge is 0.317 e. The normalized spacial score (nSPS) is 20.3. The van der Waals surface area contributed by atoms with Crippen LogP contribution in [0.4, 0.5) is 0 Å². The van der Waals surface area contributed by atoms with Gasteiger partial charge in [-0.15, -0.1) is 0 Å². The van der Waals surface area contributed by atoms with Crippen LogP contribution in [0, 0.1) is 5.92 Å². The number of nitrogens with zero attached hydrogens (tertiary/aromatic N) is 1. The summed E-state index contributed by atoms with van der Waals surface area (Å²) in [5.41, 5.74) is 4.16. The third-order valence-corrected chi connectivity index (χ3v) is 4.76. The summed E-state index contributed by atoms with van der Waals surface area (Å²) in [7, 11) is 1.90. The summed E-state index contributed by atoms with van der Waals surface area (Å²) >= 11 is 0. The van der Waals surface area contributed by atoms with Crippen LogP contribution in [0.25, 0.3) is 0 Å². The number of carbonyl (C=O) groups is 1. The molecule has 2 aromatic carbocycles. The molecule has 0 spiro atoms. The standard InChI is InChI=1S/C20H23NO2/c1-21(14-19(22)23)13-17-12-11-15-7-5-6-10-18(15)20(17)16-8-3-2-4-9-16/h2-10,17,20H,11-14H2,1H3,(H,22,23). The number of fused-ring (bicyclic) bond motifs is 1. The lowest BCUT2D eigenvalue weighted by Crippen LogP contribution is -2.35. The van der Waals surface area contributed by atoms with E-state index < -0.39 is 5.97 Å². The summed E-state index contributed by atoms with van der Waals surface area (Å²) in [6.07, 6.45) is 2.17. The predicted molar refractivity (Wildman–Crippen MR) is 91.7 cm³/mol. The Morgan fingerprint density at radius 1 is 1.13 bits per heavy atom. The Morgan fingerprint density at radius 3 is 2.57 bits per heavy atom. The van der Waals surface area contributed by atoms with Crippen LogP contribution < -0.4 is 0 Å². The molecular weight excluding hydrogens is 286 g/mol. The topological polar surface area (TPSA) is 40.5 Å². The molecule has 3 nitrogen and oxygen atoms in total. The van der Waals surface area contributed by atoms with Crippen molar-refractivity contribution in [3.63, 3.8) is 0 Å². The van der Waals surface area contributed by atoms with E-state index >= 15 is 0 Å². The second-order valence-electron chi connectivity index (χ2n) is 6.48. The molecule has 1 aliphatic carbocycles. The van der Waals surface area contributed by atoms with Crippen molar-refractivity contribution in [2.45, 2.75) is 18.8 Å². The van der Waals surface area contributed by atoms with Crippen LogP contribution in [0.3, 0.4) is 0 Å². The van der Waals surface area contributed by atoms with Crippen LogP contribution in [-0.4, -0.2) is 36.1 Å². The highest BCUT2D eigenvalue weighted by Gasteiger charge is 2.31. The van der Waals surface area contributed by atoms with E-state index in [1.807, 2.05) is 18.0 Å². The summed E-state index contributed by atoms with van der Waals surface area (Å²) in [5, 5.41) is 9.01. The molecule has 23 heavy (non-hydrogen) atoms. The predicted octanol–water partition coefficient (Wildman–Crippen LogP) is 3.40. The fourth-order valence-corrected chi connectivity index (χ4v) is 3.83. The monoisotopic (exact) mass is 309 g/mol. The van der Waals surface area contributed by atoms with Gasteiger partial charge < -0.3 is 5.11 Å². The second-order valence-corrected chi connectivity index (χ2v) is 6.48. The second kappa shape index (κ2) is 6.97. The van der Waals surface area contributed by atoms with Gasteiger partial charge in [0.2, 0.25) is 0 Å². The average molecular weight is 309 g/mol. The minimum Gasteiger partial charge on any atom is -0.480 e. The number of likely N-dealkylation sites (N-methyl/N-ethyl adjacent to an activating group) is 1. The maximum absolute atomic E-state index is 11.0. The van der Waals surface area contributed by atoms with E-state index in [4.69, 9.17) is 5.11 Å². The first-order valence-corrected chi connectivity index (χ1v) is 8.18. The number of aliphatic carboxylic acids is 1. The minimum absolute atomic E-state index is 0.0969. The molecule has 2 atom stereocenters. The van der Waals surface area contributed by atoms with E-state index in [0.717, 1.165) is 19.4 Å². The fraction of sp³-hybridized carbons (Fsp3) is 0.350. The zero-order valence-corrected chi connectivity index (χ0v) is 13.5. The van der Waals surface area contributed by atoms with Crippen molar-refractivity contribution in [2.24, 2.45) is 5.92 Å². The van der Waals surface area contributed by atoms with E-state index in [0.29, 0.717) is 11.8 Å². The third kappa shape index (κ3) is 3.62. The quantitative estimate of drug-likeness (QED) is 0.920. The Balaban J connectivity index is 1.91. The Bertz CT molecular complexity index is 668. The van der Waals surface area contributed by atoms with Crippen LogP contribution in [-0.2, 0) is 11.2 Å². The zero-order valence-electron chi connectivity index (χ0n) is 13.5. The molecule has 2 aromatic rings. The van der Waals surface area contributed by atoms with E-state index in [9.17, 15) is 4.79 Å². The van der Waals surface area contributed by atoms with Crippen molar-refractivity contribution >= 4 is 5.97 Å². The lowest BCUT2D eigenvalue weighted by Gasteiger charge is -2.36. The molecular formula is C20H23NO2. The van der Waals surface area contributed by atoms with E-state index in [1.54, 1.807) is 0 Å². The molecule has 120 valence electrons. The van der Waals surface area contributed by atoms with Gasteiger partial charge >= 0.3 is 5.97 Å². The fourth-order valence-electron chi connectivity index (χ4n) is 3.83. The highest BCUT2D eigenvalue weighted by molar-refractivity contribution is 5.69. The average Bonchev–Trinajstić information content (AvgIpc) is 2.54. The Hall–Kier alpha value is -2.13. The number of hydrogen-bond acceptors (Lipinski definition) is 2. The number of rotatable bonds is 5. The number of hydrogen-bond donors (Lipinski definition) is 1. The Labute approximate surface area is 137 Å². The van der Waals surface area contributed by atoms with Gasteiger partial charge in [-0.3, -0.25) is 9.69 Å². The molecule has 0 radical (unpaired) electrons. The van der Waals surface area contributed by atoms with Crippen molar-refractivity contribution in [1.29, 1.82) is 0 Å². The number of carboxylic acid groups (broad SMARTS) is 1. The van der Waals surface area contributed by atoms with Gasteiger partial charge in [0.05, 0.1) is 6.54 Å². The first kappa shape index (κ1) is 15.8. The van der Waals surface area contributed by atoms with Gasteiger partial charge in [-0.25, -0.2) is 0 Å². The lowest BCUT2D eigenvalue weighted by molar-refractivity contribution is -0.138. The van der Waals surface area contributed by atoms with Crippen molar-refractivity contribution in [1.82, 2.24) is 4.90 Å². The Morgan fingerprint density at radius 2 is 1.83 bits per heavy atom. The van der Waals surface area contributed by atoms with Gasteiger partial charge in [-0.1, -0.05) is 54.6 Å². The van der Waals surface area contributed by atoms with Crippen LogP contribution in [0.1, 0.15) is 29.0 Å². The van der Waals surface area contributed by atoms with Crippen LogP contribution in [0.2, 0.25) is 0 Å². The first-order chi connectivity index (χ1) is 11.1. The van der Waals surface area contributed by atoms with Gasteiger partial charge in [0.15, 0.2) is 0 Å². The molecule has 3 heteroatoms. The molecule has 0 bridgehead atoms. The molecule has 0 heterocycles. The largest absolute Gasteiger partial charge is 0.480 e. The van der Waals surface area contributed by atoms with Gasteiger partial charge in [0.1, 0.15) is 0 Å². The molecule has 0 amide bonds. The summed E-state index contributed by atoms with van der Waals surface area (Å²) in [4.78, 5) is 12.9. The lowest BCUT2D eigenvalue weighted by atomic mass is 9.71. The van der Waals surface area contributed by atoms with Gasteiger partial charge in [-0.2, -0.15) is 0 Å². The maximum Gasteiger partial charge on any atom is 0.317 e. The minimum atomic E-state index is -0.764. The van der Waals surface area contributed by atoms with Crippen molar-refractivity contribution in [2.75, 3.05) is 20.1 Å². The van der Waals surface area contributed by atoms with Gasteiger partial charge in [0, 0.05) is 12.5 Å². The number of benzene rings is 2. The SMILES string of the molecule is CN(CC(=O)O)CC1CCc2ccccc2C1c1ccccc1. The van der Waals surface area contributed by atoms with Crippen LogP contribution >= 0.6 is 0 Å². The van der Waals surface area contributed by atoms with E-state index in [-0.39, 0.29) is 6.54 Å². The highest BCUT2D eigenvalue weighted by Crippen LogP contribution is 2.41. The van der Waals surface area contributed by atoms with E-state index in [2.05, 4.69) is 48.5 Å².